The second kappa shape index (κ2) is 2.90. The molecular weight excluding hydrogens is 239 g/mol. The van der Waals surface area contributed by atoms with Crippen molar-refractivity contribution in [3.05, 3.63) is 11.1 Å². The smallest absolute Gasteiger partial charge is 0.0761 e. The lowest BCUT2D eigenvalue weighted by atomic mass is 10.6. The number of hydrogen-bond acceptors (Lipinski definition) is 4. The molecule has 0 radical (unpaired) electrons. The fourth-order valence-electron chi connectivity index (χ4n) is 0.427. The van der Waals surface area contributed by atoms with Crippen molar-refractivity contribution in [1.82, 2.24) is 8.65 Å². The number of halogens is 1. The molecule has 3 nitrogen and oxygen atoms in total. The molecule has 0 fully saturated rings. The predicted molar refractivity (Wildman–Crippen MR) is 42.2 cm³/mol. The quantitative estimate of drug-likeness (QED) is 0.413. The van der Waals surface area contributed by atoms with Gasteiger partial charge in [-0.05, 0) is 0 Å². The normalized spacial score (nSPS) is 19.2. The van der Waals surface area contributed by atoms with E-state index in [4.69, 9.17) is 4.55 Å². The third kappa shape index (κ3) is 1.51. The van der Waals surface area contributed by atoms with Crippen LogP contribution in [-0.4, -0.2) is 14.3 Å². The van der Waals surface area contributed by atoms with Gasteiger partial charge in [0, 0.05) is 23.1 Å². The molecule has 0 saturated heterocycles. The minimum Gasteiger partial charge on any atom is -0.326 e. The average molecular weight is 244 g/mol. The Bertz CT molecular complexity index is 118. The van der Waals surface area contributed by atoms with Crippen LogP contribution in [0.4, 0.5) is 0 Å². The van der Waals surface area contributed by atoms with Crippen molar-refractivity contribution in [2.75, 3.05) is 6.54 Å². The molecule has 46 valence electrons. The minimum absolute atomic E-state index is 0.740. The van der Waals surface area contributed by atoms with E-state index in [1.54, 1.807) is 3.22 Å². The van der Waals surface area contributed by atoms with Crippen LogP contribution >= 0.6 is 34.9 Å². The van der Waals surface area contributed by atoms with Crippen LogP contribution in [-0.2, 0) is 0 Å². The topological polar surface area (TPSA) is 35.5 Å². The standard InChI is InChI=1S/C3H5IN2OS/c4-6-2-3(8-7)1-5-6/h2,5,7H,1H2. The number of hydrogen-bond donors (Lipinski definition) is 2. The molecule has 0 aromatic carbocycles. The molecule has 8 heavy (non-hydrogen) atoms. The van der Waals surface area contributed by atoms with Crippen molar-refractivity contribution < 1.29 is 4.55 Å². The average Bonchev–Trinajstić information content (AvgIpc) is 2.14. The third-order valence-corrected chi connectivity index (χ3v) is 1.88. The van der Waals surface area contributed by atoms with Crippen LogP contribution in [0.5, 0.6) is 0 Å². The fourth-order valence-corrected chi connectivity index (χ4v) is 1.40. The van der Waals surface area contributed by atoms with E-state index in [1.165, 1.54) is 0 Å². The van der Waals surface area contributed by atoms with Crippen LogP contribution in [0.3, 0.4) is 0 Å². The molecule has 0 aliphatic carbocycles. The molecule has 0 atom stereocenters. The summed E-state index contributed by atoms with van der Waals surface area (Å²) in [6, 6.07) is 0. The Hall–Kier alpha value is 0.540. The summed E-state index contributed by atoms with van der Waals surface area (Å²) in [4.78, 5) is 0.944. The van der Waals surface area contributed by atoms with Crippen LogP contribution in [0.1, 0.15) is 0 Å². The van der Waals surface area contributed by atoms with Crippen LogP contribution in [0, 0.1) is 0 Å². The number of rotatable bonds is 1. The van der Waals surface area contributed by atoms with Crippen LogP contribution in [0.15, 0.2) is 11.1 Å². The molecule has 1 aliphatic rings. The number of nitrogens with one attached hydrogen (secondary N) is 1. The first-order valence-electron chi connectivity index (χ1n) is 2.03. The van der Waals surface area contributed by atoms with E-state index in [0.29, 0.717) is 0 Å². The Labute approximate surface area is 65.8 Å². The first-order chi connectivity index (χ1) is 3.83. The van der Waals surface area contributed by atoms with Crippen molar-refractivity contribution in [2.45, 2.75) is 0 Å². The Morgan fingerprint density at radius 3 is 3.00 bits per heavy atom. The second-order valence-electron chi connectivity index (χ2n) is 1.33. The summed E-state index contributed by atoms with van der Waals surface area (Å²) < 4.78 is 10.3. The Kier molecular flexibility index (Phi) is 2.42. The van der Waals surface area contributed by atoms with E-state index >= 15 is 0 Å². The van der Waals surface area contributed by atoms with Crippen molar-refractivity contribution >= 4 is 34.9 Å². The largest absolute Gasteiger partial charge is 0.326 e. The Morgan fingerprint density at radius 1 is 2.00 bits per heavy atom. The molecule has 2 N–H and O–H groups in total. The van der Waals surface area contributed by atoms with Crippen molar-refractivity contribution in [1.29, 1.82) is 0 Å². The maximum Gasteiger partial charge on any atom is 0.0761 e. The van der Waals surface area contributed by atoms with E-state index in [9.17, 15) is 0 Å². The maximum absolute atomic E-state index is 8.46. The minimum atomic E-state index is 0.740. The third-order valence-electron chi connectivity index (χ3n) is 0.779. The van der Waals surface area contributed by atoms with Gasteiger partial charge in [0.05, 0.1) is 29.4 Å². The van der Waals surface area contributed by atoms with E-state index in [2.05, 4.69) is 28.3 Å². The van der Waals surface area contributed by atoms with Gasteiger partial charge in [0.25, 0.3) is 0 Å². The van der Waals surface area contributed by atoms with E-state index in [1.807, 2.05) is 6.20 Å². The first kappa shape index (κ1) is 6.66. The lowest BCUT2D eigenvalue weighted by Gasteiger charge is -2.00. The summed E-state index contributed by atoms with van der Waals surface area (Å²) in [6.45, 7) is 0.740. The highest BCUT2D eigenvalue weighted by Gasteiger charge is 2.07. The molecule has 1 heterocycles. The molecule has 0 aromatic heterocycles. The number of nitrogens with zero attached hydrogens (tertiary/aromatic N) is 1. The lowest BCUT2D eigenvalue weighted by Crippen LogP contribution is -2.17. The molecule has 0 saturated carbocycles. The lowest BCUT2D eigenvalue weighted by molar-refractivity contribution is 0.555. The van der Waals surface area contributed by atoms with Gasteiger partial charge in [-0.2, -0.15) is 0 Å². The van der Waals surface area contributed by atoms with Gasteiger partial charge < -0.3 is 4.55 Å². The van der Waals surface area contributed by atoms with Crippen molar-refractivity contribution in [2.24, 2.45) is 0 Å². The van der Waals surface area contributed by atoms with Gasteiger partial charge in [-0.1, -0.05) is 0 Å². The van der Waals surface area contributed by atoms with E-state index in [0.717, 1.165) is 23.5 Å². The van der Waals surface area contributed by atoms with Gasteiger partial charge in [0.1, 0.15) is 0 Å². The van der Waals surface area contributed by atoms with Crippen LogP contribution < -0.4 is 5.43 Å². The van der Waals surface area contributed by atoms with Gasteiger partial charge >= 0.3 is 0 Å². The molecule has 0 unspecified atom stereocenters. The summed E-state index contributed by atoms with van der Waals surface area (Å²) in [5.41, 5.74) is 2.97. The predicted octanol–water partition coefficient (Wildman–Crippen LogP) is 1.20. The van der Waals surface area contributed by atoms with E-state index in [-0.39, 0.29) is 0 Å². The van der Waals surface area contributed by atoms with Gasteiger partial charge in [-0.15, -0.1) is 0 Å². The van der Waals surface area contributed by atoms with Gasteiger partial charge in [-0.3, -0.25) is 3.22 Å². The molecule has 0 aromatic rings. The Balaban J connectivity index is 2.44. The second-order valence-corrected chi connectivity index (χ2v) is 3.08. The molecule has 0 spiro atoms. The summed E-state index contributed by atoms with van der Waals surface area (Å²) in [6.07, 6.45) is 1.84. The summed E-state index contributed by atoms with van der Waals surface area (Å²) in [5, 5.41) is 0. The zero-order valence-electron chi connectivity index (χ0n) is 3.97. The highest BCUT2D eigenvalue weighted by molar-refractivity contribution is 14.1. The van der Waals surface area contributed by atoms with Crippen LogP contribution in [0.2, 0.25) is 0 Å². The summed E-state index contributed by atoms with van der Waals surface area (Å²) in [5.74, 6) is 0. The van der Waals surface area contributed by atoms with E-state index < -0.39 is 0 Å². The highest BCUT2D eigenvalue weighted by atomic mass is 127. The Morgan fingerprint density at radius 2 is 2.75 bits per heavy atom. The summed E-state index contributed by atoms with van der Waals surface area (Å²) >= 11 is 2.88. The molecule has 0 amide bonds. The zero-order chi connectivity index (χ0) is 5.98. The SMILES string of the molecule is OSC1=CN(I)NC1. The zero-order valence-corrected chi connectivity index (χ0v) is 6.94. The number of hydrazine groups is 1. The highest BCUT2D eigenvalue weighted by Crippen LogP contribution is 2.16. The monoisotopic (exact) mass is 244 g/mol. The molecule has 1 rings (SSSR count). The van der Waals surface area contributed by atoms with Gasteiger partial charge in [-0.25, -0.2) is 5.43 Å². The van der Waals surface area contributed by atoms with Crippen molar-refractivity contribution in [3.63, 3.8) is 0 Å². The maximum atomic E-state index is 8.46. The first-order valence-corrected chi connectivity index (χ1v) is 3.77. The summed E-state index contributed by atoms with van der Waals surface area (Å²) in [7, 11) is 0. The van der Waals surface area contributed by atoms with Crippen LogP contribution in [0.25, 0.3) is 0 Å². The molecule has 5 heteroatoms. The molecular formula is C3H5IN2OS. The molecule has 0 bridgehead atoms. The van der Waals surface area contributed by atoms with Gasteiger partial charge in [0.15, 0.2) is 0 Å². The fraction of sp³-hybridized carbons (Fsp3) is 0.333. The van der Waals surface area contributed by atoms with Gasteiger partial charge in [0.2, 0.25) is 0 Å². The van der Waals surface area contributed by atoms with Crippen molar-refractivity contribution in [3.8, 4) is 0 Å². The molecule has 1 aliphatic heterocycles.